The molecule has 0 radical (unpaired) electrons. The summed E-state index contributed by atoms with van der Waals surface area (Å²) >= 11 is 0. The third-order valence-electron chi connectivity index (χ3n) is 6.01. The monoisotopic (exact) mass is 362 g/mol. The SMILES string of the molecule is Cc1cccc(CC(CCC2CCC(O)C2CC(=O)O)C2COCO2)c1. The first-order valence-electron chi connectivity index (χ1n) is 9.67. The largest absolute Gasteiger partial charge is 0.481 e. The molecule has 5 heteroatoms. The van der Waals surface area contributed by atoms with Crippen LogP contribution >= 0.6 is 0 Å². The fraction of sp³-hybridized carbons (Fsp3) is 0.667. The predicted molar refractivity (Wildman–Crippen MR) is 97.8 cm³/mol. The minimum atomic E-state index is -0.815. The van der Waals surface area contributed by atoms with Crippen molar-refractivity contribution >= 4 is 5.97 Å². The molecule has 1 heterocycles. The number of hydrogen-bond donors (Lipinski definition) is 2. The topological polar surface area (TPSA) is 76.0 Å². The minimum Gasteiger partial charge on any atom is -0.481 e. The van der Waals surface area contributed by atoms with E-state index >= 15 is 0 Å². The van der Waals surface area contributed by atoms with E-state index in [1.165, 1.54) is 11.1 Å². The summed E-state index contributed by atoms with van der Waals surface area (Å²) in [7, 11) is 0. The smallest absolute Gasteiger partial charge is 0.303 e. The number of ether oxygens (including phenoxy) is 2. The van der Waals surface area contributed by atoms with Crippen LogP contribution in [0, 0.1) is 24.7 Å². The molecule has 0 bridgehead atoms. The molecule has 144 valence electrons. The molecule has 1 aromatic rings. The zero-order valence-electron chi connectivity index (χ0n) is 15.5. The lowest BCUT2D eigenvalue weighted by Gasteiger charge is -2.26. The van der Waals surface area contributed by atoms with Crippen molar-refractivity contribution in [2.24, 2.45) is 17.8 Å². The fourth-order valence-electron chi connectivity index (χ4n) is 4.60. The predicted octanol–water partition coefficient (Wildman–Crippen LogP) is 3.17. The second-order valence-corrected chi connectivity index (χ2v) is 7.89. The molecule has 2 aliphatic rings. The van der Waals surface area contributed by atoms with Gasteiger partial charge in [0.05, 0.1) is 25.2 Å². The number of hydrogen-bond acceptors (Lipinski definition) is 4. The summed E-state index contributed by atoms with van der Waals surface area (Å²) < 4.78 is 11.2. The standard InChI is InChI=1S/C21H30O5/c1-14-3-2-4-15(9-14)10-17(20-12-25-13-26-20)6-5-16-7-8-19(22)18(16)11-21(23)24/h2-4,9,16-20,22H,5-8,10-13H2,1H3,(H,23,24). The van der Waals surface area contributed by atoms with E-state index in [2.05, 4.69) is 31.2 Å². The molecule has 2 N–H and O–H groups in total. The number of carboxylic acids is 1. The highest BCUT2D eigenvalue weighted by Gasteiger charge is 2.37. The molecule has 2 fully saturated rings. The minimum absolute atomic E-state index is 0.0669. The molecule has 0 aromatic heterocycles. The van der Waals surface area contributed by atoms with Gasteiger partial charge in [0, 0.05) is 0 Å². The van der Waals surface area contributed by atoms with Gasteiger partial charge in [-0.2, -0.15) is 0 Å². The molecule has 5 atom stereocenters. The number of aliphatic carboxylic acids is 1. The number of rotatable bonds is 8. The van der Waals surface area contributed by atoms with Crippen LogP contribution in [-0.4, -0.2) is 41.8 Å². The molecule has 5 unspecified atom stereocenters. The van der Waals surface area contributed by atoms with Crippen molar-refractivity contribution in [1.29, 1.82) is 0 Å². The van der Waals surface area contributed by atoms with Crippen LogP contribution < -0.4 is 0 Å². The third kappa shape index (κ3) is 5.06. The zero-order chi connectivity index (χ0) is 18.5. The number of carboxylic acid groups (broad SMARTS) is 1. The Bertz CT molecular complexity index is 596. The van der Waals surface area contributed by atoms with Crippen LogP contribution in [0.4, 0.5) is 0 Å². The van der Waals surface area contributed by atoms with E-state index in [1.54, 1.807) is 0 Å². The molecule has 5 nitrogen and oxygen atoms in total. The Morgan fingerprint density at radius 2 is 2.19 bits per heavy atom. The average molecular weight is 362 g/mol. The molecular formula is C21H30O5. The first-order valence-corrected chi connectivity index (χ1v) is 9.67. The van der Waals surface area contributed by atoms with Gasteiger partial charge in [0.15, 0.2) is 0 Å². The molecule has 0 amide bonds. The Kier molecular flexibility index (Phi) is 6.68. The molecule has 1 saturated heterocycles. The third-order valence-corrected chi connectivity index (χ3v) is 6.01. The number of aliphatic hydroxyl groups excluding tert-OH is 1. The summed E-state index contributed by atoms with van der Waals surface area (Å²) in [6, 6.07) is 8.56. The Labute approximate surface area is 155 Å². The number of aryl methyl sites for hydroxylation is 1. The summed E-state index contributed by atoms with van der Waals surface area (Å²) in [5.74, 6) is -0.302. The van der Waals surface area contributed by atoms with E-state index in [-0.39, 0.29) is 24.4 Å². The van der Waals surface area contributed by atoms with Gasteiger partial charge in [-0.15, -0.1) is 0 Å². The summed E-state index contributed by atoms with van der Waals surface area (Å²) in [6.45, 7) is 3.09. The lowest BCUT2D eigenvalue weighted by Crippen LogP contribution is -2.27. The molecule has 1 aliphatic carbocycles. The molecule has 1 saturated carbocycles. The molecular weight excluding hydrogens is 332 g/mol. The summed E-state index contributed by atoms with van der Waals surface area (Å²) in [4.78, 5) is 11.1. The summed E-state index contributed by atoms with van der Waals surface area (Å²) in [6.07, 6.45) is 4.16. The Morgan fingerprint density at radius 3 is 2.88 bits per heavy atom. The van der Waals surface area contributed by atoms with Crippen molar-refractivity contribution in [3.8, 4) is 0 Å². The molecule has 1 aromatic carbocycles. The number of carbonyl (C=O) groups is 1. The zero-order valence-corrected chi connectivity index (χ0v) is 15.5. The lowest BCUT2D eigenvalue weighted by molar-refractivity contribution is -0.139. The Hall–Kier alpha value is -1.43. The van der Waals surface area contributed by atoms with E-state index in [9.17, 15) is 9.90 Å². The lowest BCUT2D eigenvalue weighted by atomic mass is 9.82. The van der Waals surface area contributed by atoms with Crippen molar-refractivity contribution in [3.05, 3.63) is 35.4 Å². The Morgan fingerprint density at radius 1 is 1.35 bits per heavy atom. The van der Waals surface area contributed by atoms with E-state index in [0.29, 0.717) is 25.7 Å². The second kappa shape index (κ2) is 8.98. The van der Waals surface area contributed by atoms with E-state index < -0.39 is 12.1 Å². The molecule has 1 aliphatic heterocycles. The first kappa shape index (κ1) is 19.3. The maximum absolute atomic E-state index is 11.1. The molecule has 26 heavy (non-hydrogen) atoms. The van der Waals surface area contributed by atoms with E-state index in [1.807, 2.05) is 0 Å². The van der Waals surface area contributed by atoms with Gasteiger partial charge in [0.1, 0.15) is 6.79 Å². The van der Waals surface area contributed by atoms with Gasteiger partial charge in [0.25, 0.3) is 0 Å². The molecule has 3 rings (SSSR count). The van der Waals surface area contributed by atoms with Gasteiger partial charge in [-0.3, -0.25) is 4.79 Å². The first-order chi connectivity index (χ1) is 12.5. The van der Waals surface area contributed by atoms with Crippen LogP contribution in [0.25, 0.3) is 0 Å². The van der Waals surface area contributed by atoms with Crippen molar-refractivity contribution in [1.82, 2.24) is 0 Å². The van der Waals surface area contributed by atoms with Gasteiger partial charge in [-0.1, -0.05) is 29.8 Å². The van der Waals surface area contributed by atoms with Gasteiger partial charge in [-0.05, 0) is 62.3 Å². The summed E-state index contributed by atoms with van der Waals surface area (Å²) in [5, 5.41) is 19.3. The van der Waals surface area contributed by atoms with Crippen molar-refractivity contribution in [3.63, 3.8) is 0 Å². The highest BCUT2D eigenvalue weighted by atomic mass is 16.7. The molecule has 0 spiro atoms. The second-order valence-electron chi connectivity index (χ2n) is 7.89. The van der Waals surface area contributed by atoms with Crippen molar-refractivity contribution in [2.45, 2.75) is 57.7 Å². The highest BCUT2D eigenvalue weighted by molar-refractivity contribution is 5.67. The highest BCUT2D eigenvalue weighted by Crippen LogP contribution is 2.39. The van der Waals surface area contributed by atoms with Crippen LogP contribution in [0.15, 0.2) is 24.3 Å². The normalized spacial score (nSPS) is 29.8. The van der Waals surface area contributed by atoms with Gasteiger partial charge < -0.3 is 19.7 Å². The fourth-order valence-corrected chi connectivity index (χ4v) is 4.60. The maximum atomic E-state index is 11.1. The summed E-state index contributed by atoms with van der Waals surface area (Å²) in [5.41, 5.74) is 2.56. The maximum Gasteiger partial charge on any atom is 0.303 e. The van der Waals surface area contributed by atoms with Gasteiger partial charge in [-0.25, -0.2) is 0 Å². The van der Waals surface area contributed by atoms with Gasteiger partial charge >= 0.3 is 5.97 Å². The Balaban J connectivity index is 1.63. The van der Waals surface area contributed by atoms with Crippen LogP contribution in [0.5, 0.6) is 0 Å². The van der Waals surface area contributed by atoms with Crippen LogP contribution in [0.3, 0.4) is 0 Å². The van der Waals surface area contributed by atoms with Crippen LogP contribution in [0.2, 0.25) is 0 Å². The number of benzene rings is 1. The van der Waals surface area contributed by atoms with Crippen molar-refractivity contribution < 1.29 is 24.5 Å². The van der Waals surface area contributed by atoms with Crippen LogP contribution in [0.1, 0.15) is 43.2 Å². The van der Waals surface area contributed by atoms with E-state index in [0.717, 1.165) is 25.7 Å². The van der Waals surface area contributed by atoms with Crippen LogP contribution in [-0.2, 0) is 20.7 Å². The average Bonchev–Trinajstić information content (AvgIpc) is 3.23. The van der Waals surface area contributed by atoms with E-state index in [4.69, 9.17) is 14.6 Å². The van der Waals surface area contributed by atoms with Gasteiger partial charge in [0.2, 0.25) is 0 Å². The van der Waals surface area contributed by atoms with Crippen molar-refractivity contribution in [2.75, 3.05) is 13.4 Å². The number of aliphatic hydroxyl groups is 1. The quantitative estimate of drug-likeness (QED) is 0.743.